The van der Waals surface area contributed by atoms with E-state index in [-0.39, 0.29) is 10.7 Å². The summed E-state index contributed by atoms with van der Waals surface area (Å²) in [6, 6.07) is 11.5. The van der Waals surface area contributed by atoms with Crippen molar-refractivity contribution in [2.45, 2.75) is 6.92 Å². The molecule has 0 fully saturated rings. The molecule has 0 spiro atoms. The van der Waals surface area contributed by atoms with E-state index in [1.807, 2.05) is 6.92 Å². The average molecular weight is 457 g/mol. The number of amides is 2. The van der Waals surface area contributed by atoms with Gasteiger partial charge in [0.05, 0.1) is 21.7 Å². The van der Waals surface area contributed by atoms with Crippen LogP contribution in [0.25, 0.3) is 0 Å². The summed E-state index contributed by atoms with van der Waals surface area (Å²) in [7, 11) is 0. The number of benzene rings is 2. The standard InChI is InChI=1S/C17H15BrClN3O3S/c1-2-25-14-8-7-10(9-12(14)18)15(23)20-17(26)22-21-16(24)11-5-3-4-6-13(11)19/h3-9H,2H2,1H3,(H,21,24)(H2,20,22,23,26). The number of carbonyl (C=O) groups is 2. The number of carbonyl (C=O) groups excluding carboxylic acids is 2. The van der Waals surface area contributed by atoms with Crippen LogP contribution in [0.4, 0.5) is 0 Å². The zero-order chi connectivity index (χ0) is 19.1. The Morgan fingerprint density at radius 1 is 1.15 bits per heavy atom. The molecule has 26 heavy (non-hydrogen) atoms. The van der Waals surface area contributed by atoms with Gasteiger partial charge in [-0.25, -0.2) is 0 Å². The van der Waals surface area contributed by atoms with Crippen LogP contribution >= 0.6 is 39.7 Å². The van der Waals surface area contributed by atoms with Crippen molar-refractivity contribution in [3.05, 3.63) is 63.1 Å². The van der Waals surface area contributed by atoms with Crippen LogP contribution in [0, 0.1) is 0 Å². The Labute approximate surface area is 169 Å². The van der Waals surface area contributed by atoms with Crippen molar-refractivity contribution in [1.82, 2.24) is 16.2 Å². The first-order chi connectivity index (χ1) is 12.4. The lowest BCUT2D eigenvalue weighted by Gasteiger charge is -2.12. The van der Waals surface area contributed by atoms with Gasteiger partial charge < -0.3 is 4.74 Å². The lowest BCUT2D eigenvalue weighted by atomic mass is 10.2. The molecule has 6 nitrogen and oxygen atoms in total. The molecule has 136 valence electrons. The average Bonchev–Trinajstić information content (AvgIpc) is 2.62. The number of hydrazine groups is 1. The summed E-state index contributed by atoms with van der Waals surface area (Å²) in [4.78, 5) is 24.2. The molecule has 0 aliphatic carbocycles. The summed E-state index contributed by atoms with van der Waals surface area (Å²) >= 11 is 14.3. The molecule has 0 aliphatic rings. The Hall–Kier alpha value is -2.16. The highest BCUT2D eigenvalue weighted by molar-refractivity contribution is 9.10. The van der Waals surface area contributed by atoms with Crippen molar-refractivity contribution in [2.75, 3.05) is 6.61 Å². The van der Waals surface area contributed by atoms with Crippen LogP contribution in [-0.2, 0) is 0 Å². The third-order valence-electron chi connectivity index (χ3n) is 3.13. The second-order valence-corrected chi connectivity index (χ2v) is 6.59. The molecule has 0 saturated heterocycles. The Morgan fingerprint density at radius 2 is 1.88 bits per heavy atom. The zero-order valence-electron chi connectivity index (χ0n) is 13.6. The summed E-state index contributed by atoms with van der Waals surface area (Å²) < 4.78 is 6.04. The number of ether oxygens (including phenoxy) is 1. The molecule has 0 aromatic heterocycles. The monoisotopic (exact) mass is 455 g/mol. The van der Waals surface area contributed by atoms with Gasteiger partial charge in [0.2, 0.25) is 0 Å². The fraction of sp³-hybridized carbons (Fsp3) is 0.118. The Bertz CT molecular complexity index is 848. The molecule has 9 heteroatoms. The van der Waals surface area contributed by atoms with Crippen molar-refractivity contribution < 1.29 is 14.3 Å². The number of halogens is 2. The van der Waals surface area contributed by atoms with E-state index in [2.05, 4.69) is 32.1 Å². The summed E-state index contributed by atoms with van der Waals surface area (Å²) in [5, 5.41) is 2.72. The SMILES string of the molecule is CCOc1ccc(C(=O)NC(=S)NNC(=O)c2ccccc2Cl)cc1Br. The Morgan fingerprint density at radius 3 is 2.54 bits per heavy atom. The predicted octanol–water partition coefficient (Wildman–Crippen LogP) is 3.45. The molecule has 2 aromatic carbocycles. The van der Waals surface area contributed by atoms with Gasteiger partial charge in [-0.1, -0.05) is 23.7 Å². The highest BCUT2D eigenvalue weighted by Crippen LogP contribution is 2.25. The number of hydrogen-bond acceptors (Lipinski definition) is 4. The molecule has 3 N–H and O–H groups in total. The molecule has 0 atom stereocenters. The fourth-order valence-electron chi connectivity index (χ4n) is 1.95. The summed E-state index contributed by atoms with van der Waals surface area (Å²) in [5.41, 5.74) is 5.50. The molecule has 0 bridgehead atoms. The molecule has 2 rings (SSSR count). The van der Waals surface area contributed by atoms with E-state index in [1.54, 1.807) is 42.5 Å². The quantitative estimate of drug-likeness (QED) is 0.485. The van der Waals surface area contributed by atoms with Gasteiger partial charge in [0.15, 0.2) is 5.11 Å². The molecule has 2 amide bonds. The van der Waals surface area contributed by atoms with Gasteiger partial charge in [0, 0.05) is 5.56 Å². The van der Waals surface area contributed by atoms with E-state index in [1.165, 1.54) is 0 Å². The van der Waals surface area contributed by atoms with Crippen LogP contribution in [0.15, 0.2) is 46.9 Å². The van der Waals surface area contributed by atoms with Crippen LogP contribution in [0.1, 0.15) is 27.6 Å². The van der Waals surface area contributed by atoms with E-state index < -0.39 is 11.8 Å². The van der Waals surface area contributed by atoms with Crippen molar-refractivity contribution in [3.63, 3.8) is 0 Å². The van der Waals surface area contributed by atoms with Gasteiger partial charge in [0.1, 0.15) is 5.75 Å². The number of rotatable bonds is 4. The first-order valence-corrected chi connectivity index (χ1v) is 9.08. The fourth-order valence-corrected chi connectivity index (χ4v) is 2.81. The van der Waals surface area contributed by atoms with E-state index in [9.17, 15) is 9.59 Å². The molecule has 0 aliphatic heterocycles. The van der Waals surface area contributed by atoms with Crippen LogP contribution in [0.3, 0.4) is 0 Å². The van der Waals surface area contributed by atoms with Crippen LogP contribution < -0.4 is 20.9 Å². The van der Waals surface area contributed by atoms with E-state index in [4.69, 9.17) is 28.6 Å². The number of nitrogens with one attached hydrogen (secondary N) is 3. The molecule has 0 saturated carbocycles. The minimum absolute atomic E-state index is 0.0552. The normalized spacial score (nSPS) is 9.96. The highest BCUT2D eigenvalue weighted by Gasteiger charge is 2.13. The molecular formula is C17H15BrClN3O3S. The molecular weight excluding hydrogens is 442 g/mol. The van der Waals surface area contributed by atoms with E-state index in [0.29, 0.717) is 27.4 Å². The Balaban J connectivity index is 1.91. The van der Waals surface area contributed by atoms with Gasteiger partial charge in [0.25, 0.3) is 11.8 Å². The largest absolute Gasteiger partial charge is 0.493 e. The maximum absolute atomic E-state index is 12.2. The third-order valence-corrected chi connectivity index (χ3v) is 4.28. The second kappa shape index (κ2) is 9.51. The van der Waals surface area contributed by atoms with Crippen molar-refractivity contribution >= 4 is 56.7 Å². The summed E-state index contributed by atoms with van der Waals surface area (Å²) in [5.74, 6) is -0.272. The van der Waals surface area contributed by atoms with Crippen molar-refractivity contribution in [2.24, 2.45) is 0 Å². The third kappa shape index (κ3) is 5.42. The smallest absolute Gasteiger partial charge is 0.271 e. The van der Waals surface area contributed by atoms with Gasteiger partial charge in [-0.2, -0.15) is 0 Å². The zero-order valence-corrected chi connectivity index (χ0v) is 16.8. The molecule has 0 radical (unpaired) electrons. The second-order valence-electron chi connectivity index (χ2n) is 4.92. The molecule has 0 unspecified atom stereocenters. The Kier molecular flexibility index (Phi) is 7.38. The lowest BCUT2D eigenvalue weighted by Crippen LogP contribution is -2.48. The summed E-state index contributed by atoms with van der Waals surface area (Å²) in [6.45, 7) is 2.39. The minimum Gasteiger partial charge on any atom is -0.493 e. The first kappa shape index (κ1) is 20.2. The number of thiocarbonyl (C=S) groups is 1. The van der Waals surface area contributed by atoms with Gasteiger partial charge in [-0.3, -0.25) is 25.8 Å². The maximum Gasteiger partial charge on any atom is 0.271 e. The van der Waals surface area contributed by atoms with Gasteiger partial charge in [-0.05, 0) is 65.4 Å². The molecule has 0 heterocycles. The van der Waals surface area contributed by atoms with Crippen molar-refractivity contribution in [3.8, 4) is 5.75 Å². The van der Waals surface area contributed by atoms with E-state index in [0.717, 1.165) is 0 Å². The first-order valence-electron chi connectivity index (χ1n) is 7.51. The van der Waals surface area contributed by atoms with Crippen LogP contribution in [0.5, 0.6) is 5.75 Å². The summed E-state index contributed by atoms with van der Waals surface area (Å²) in [6.07, 6.45) is 0. The topological polar surface area (TPSA) is 79.5 Å². The highest BCUT2D eigenvalue weighted by atomic mass is 79.9. The molecule has 2 aromatic rings. The minimum atomic E-state index is -0.476. The van der Waals surface area contributed by atoms with Gasteiger partial charge >= 0.3 is 0 Å². The lowest BCUT2D eigenvalue weighted by molar-refractivity contribution is 0.0934. The maximum atomic E-state index is 12.2. The van der Waals surface area contributed by atoms with Gasteiger partial charge in [-0.15, -0.1) is 0 Å². The van der Waals surface area contributed by atoms with Crippen LogP contribution in [0.2, 0.25) is 5.02 Å². The predicted molar refractivity (Wildman–Crippen MR) is 107 cm³/mol. The number of hydrogen-bond donors (Lipinski definition) is 3. The van der Waals surface area contributed by atoms with Crippen LogP contribution in [-0.4, -0.2) is 23.5 Å². The van der Waals surface area contributed by atoms with Crippen molar-refractivity contribution in [1.29, 1.82) is 0 Å². The van der Waals surface area contributed by atoms with E-state index >= 15 is 0 Å².